The van der Waals surface area contributed by atoms with E-state index in [1.807, 2.05) is 12.1 Å². The molecule has 8 heteroatoms. The van der Waals surface area contributed by atoms with Crippen molar-refractivity contribution < 1.29 is 14.0 Å². The van der Waals surface area contributed by atoms with E-state index in [4.69, 9.17) is 0 Å². The molecular weight excluding hydrogens is 445 g/mol. The van der Waals surface area contributed by atoms with Gasteiger partial charge in [0.1, 0.15) is 6.04 Å². The molecule has 2 saturated heterocycles. The Morgan fingerprint density at radius 3 is 2.31 bits per heavy atom. The van der Waals surface area contributed by atoms with Crippen LogP contribution < -0.4 is 4.90 Å². The van der Waals surface area contributed by atoms with Crippen LogP contribution in [0.4, 0.5) is 10.1 Å². The third kappa shape index (κ3) is 4.60. The Kier molecular flexibility index (Phi) is 6.79. The van der Waals surface area contributed by atoms with Gasteiger partial charge in [-0.3, -0.25) is 24.4 Å². The number of benzene rings is 1. The number of alkyl halides is 1. The number of hydrogen-bond donors (Lipinski definition) is 0. The summed E-state index contributed by atoms with van der Waals surface area (Å²) >= 11 is 0. The summed E-state index contributed by atoms with van der Waals surface area (Å²) in [6, 6.07) is 9.30. The van der Waals surface area contributed by atoms with Crippen LogP contribution >= 0.6 is 0 Å². The number of amides is 2. The maximum atomic E-state index is 17.6. The molecule has 0 aliphatic carbocycles. The van der Waals surface area contributed by atoms with Crippen molar-refractivity contribution in [3.8, 4) is 6.19 Å². The van der Waals surface area contributed by atoms with Crippen LogP contribution in [0, 0.1) is 11.5 Å². The summed E-state index contributed by atoms with van der Waals surface area (Å²) in [7, 11) is 0. The van der Waals surface area contributed by atoms with Gasteiger partial charge in [0.2, 0.25) is 0 Å². The van der Waals surface area contributed by atoms with Crippen LogP contribution in [-0.4, -0.2) is 52.3 Å². The summed E-state index contributed by atoms with van der Waals surface area (Å²) in [6.45, 7) is 7.50. The minimum atomic E-state index is -2.80. The average Bonchev–Trinajstić information content (AvgIpc) is 3.56. The highest BCUT2D eigenvalue weighted by molar-refractivity contribution is 6.05. The first-order valence-electron chi connectivity index (χ1n) is 12.2. The molecule has 7 nitrogen and oxygen atoms in total. The summed E-state index contributed by atoms with van der Waals surface area (Å²) < 4.78 is 17.6. The van der Waals surface area contributed by atoms with Crippen LogP contribution in [0.3, 0.4) is 0 Å². The number of hydrogen-bond acceptors (Lipinski definition) is 5. The van der Waals surface area contributed by atoms with E-state index in [0.29, 0.717) is 32.5 Å². The van der Waals surface area contributed by atoms with Crippen molar-refractivity contribution in [3.63, 3.8) is 0 Å². The molecule has 2 aliphatic heterocycles. The SMILES string of the molecule is CC(C)(C)c1ccc(N(C(=O)[C@H]2CCCN2C#N)C(F)(C(=O)N2CCCC2)c2cccnc2)cc1. The highest BCUT2D eigenvalue weighted by Gasteiger charge is 2.54. The molecule has 0 radical (unpaired) electrons. The van der Waals surface area contributed by atoms with Crippen molar-refractivity contribution in [3.05, 3.63) is 59.9 Å². The van der Waals surface area contributed by atoms with Crippen LogP contribution in [0.1, 0.15) is 57.6 Å². The maximum Gasteiger partial charge on any atom is 0.295 e. The minimum Gasteiger partial charge on any atom is -0.338 e. The number of carbonyl (C=O) groups excluding carboxylic acids is 2. The lowest BCUT2D eigenvalue weighted by molar-refractivity contribution is -0.147. The van der Waals surface area contributed by atoms with E-state index in [2.05, 4.69) is 31.9 Å². The second-order valence-electron chi connectivity index (χ2n) is 10.3. The molecule has 4 rings (SSSR count). The third-order valence-corrected chi connectivity index (χ3v) is 6.91. The van der Waals surface area contributed by atoms with E-state index in [1.54, 1.807) is 18.2 Å². The smallest absolute Gasteiger partial charge is 0.295 e. The number of nitriles is 1. The van der Waals surface area contributed by atoms with Gasteiger partial charge in [-0.15, -0.1) is 0 Å². The van der Waals surface area contributed by atoms with Crippen LogP contribution in [-0.2, 0) is 20.8 Å². The highest BCUT2D eigenvalue weighted by atomic mass is 19.1. The largest absolute Gasteiger partial charge is 0.338 e. The topological polar surface area (TPSA) is 80.5 Å². The van der Waals surface area contributed by atoms with Crippen LogP contribution in [0.5, 0.6) is 0 Å². The summed E-state index contributed by atoms with van der Waals surface area (Å²) in [5.41, 5.74) is 1.14. The molecule has 3 heterocycles. The fraction of sp³-hybridized carbons (Fsp3) is 0.481. The molecular formula is C27H32FN5O2. The van der Waals surface area contributed by atoms with Gasteiger partial charge in [0.25, 0.3) is 17.6 Å². The lowest BCUT2D eigenvalue weighted by Crippen LogP contribution is -2.60. The molecule has 0 spiro atoms. The fourth-order valence-corrected chi connectivity index (χ4v) is 4.90. The zero-order chi connectivity index (χ0) is 25.2. The molecule has 184 valence electrons. The molecule has 2 atom stereocenters. The van der Waals surface area contributed by atoms with E-state index >= 15 is 4.39 Å². The number of halogens is 1. The van der Waals surface area contributed by atoms with Gasteiger partial charge in [0, 0.05) is 43.3 Å². The Morgan fingerprint density at radius 2 is 1.74 bits per heavy atom. The molecule has 2 aromatic rings. The van der Waals surface area contributed by atoms with Gasteiger partial charge in [-0.05, 0) is 54.9 Å². The Balaban J connectivity index is 1.89. The van der Waals surface area contributed by atoms with Gasteiger partial charge in [-0.25, -0.2) is 4.39 Å². The van der Waals surface area contributed by atoms with Gasteiger partial charge in [-0.2, -0.15) is 5.26 Å². The first-order chi connectivity index (χ1) is 16.7. The molecule has 1 unspecified atom stereocenters. The first kappa shape index (κ1) is 24.6. The van der Waals surface area contributed by atoms with Gasteiger partial charge < -0.3 is 4.90 Å². The number of nitrogens with zero attached hydrogens (tertiary/aromatic N) is 5. The van der Waals surface area contributed by atoms with Gasteiger partial charge >= 0.3 is 0 Å². The zero-order valence-electron chi connectivity index (χ0n) is 20.6. The van der Waals surface area contributed by atoms with Crippen molar-refractivity contribution in [2.45, 2.75) is 63.7 Å². The molecule has 2 aliphatic rings. The number of pyridine rings is 1. The lowest BCUT2D eigenvalue weighted by Gasteiger charge is -2.40. The van der Waals surface area contributed by atoms with Crippen molar-refractivity contribution >= 4 is 17.5 Å². The Labute approximate surface area is 206 Å². The maximum absolute atomic E-state index is 17.6. The molecule has 1 aromatic carbocycles. The van der Waals surface area contributed by atoms with Crippen LogP contribution in [0.2, 0.25) is 0 Å². The van der Waals surface area contributed by atoms with Crippen LogP contribution in [0.25, 0.3) is 0 Å². The molecule has 0 N–H and O–H groups in total. The first-order valence-corrected chi connectivity index (χ1v) is 12.2. The summed E-state index contributed by atoms with van der Waals surface area (Å²) in [5.74, 6) is -4.19. The van der Waals surface area contributed by atoms with Crippen molar-refractivity contribution in [2.75, 3.05) is 24.5 Å². The number of rotatable bonds is 5. The Bertz CT molecular complexity index is 1100. The monoisotopic (exact) mass is 477 g/mol. The predicted octanol–water partition coefficient (Wildman–Crippen LogP) is 4.10. The van der Waals surface area contributed by atoms with Gasteiger partial charge in [-0.1, -0.05) is 39.0 Å². The third-order valence-electron chi connectivity index (χ3n) is 6.91. The Morgan fingerprint density at radius 1 is 1.06 bits per heavy atom. The molecule has 2 amide bonds. The van der Waals surface area contributed by atoms with E-state index in [1.165, 1.54) is 28.3 Å². The number of aromatic nitrogens is 1. The van der Waals surface area contributed by atoms with Crippen molar-refractivity contribution in [2.24, 2.45) is 0 Å². The zero-order valence-corrected chi connectivity index (χ0v) is 20.6. The predicted molar refractivity (Wildman–Crippen MR) is 131 cm³/mol. The molecule has 1 aromatic heterocycles. The quantitative estimate of drug-likeness (QED) is 0.478. The molecule has 0 saturated carbocycles. The highest BCUT2D eigenvalue weighted by Crippen LogP contribution is 2.40. The van der Waals surface area contributed by atoms with Gasteiger partial charge in [0.15, 0.2) is 6.19 Å². The summed E-state index contributed by atoms with van der Waals surface area (Å²) in [4.78, 5) is 35.8. The van der Waals surface area contributed by atoms with E-state index < -0.39 is 23.6 Å². The minimum absolute atomic E-state index is 0.00773. The number of anilines is 1. The van der Waals surface area contributed by atoms with Crippen molar-refractivity contribution in [1.29, 1.82) is 5.26 Å². The normalized spacial score (nSPS) is 19.8. The molecule has 35 heavy (non-hydrogen) atoms. The van der Waals surface area contributed by atoms with E-state index in [0.717, 1.165) is 23.3 Å². The number of likely N-dealkylation sites (tertiary alicyclic amines) is 2. The summed E-state index contributed by atoms with van der Waals surface area (Å²) in [6.07, 6.45) is 7.50. The van der Waals surface area contributed by atoms with E-state index in [9.17, 15) is 14.9 Å². The summed E-state index contributed by atoms with van der Waals surface area (Å²) in [5, 5.41) is 9.59. The standard InChI is InChI=1S/C27H32FN5O2/c1-26(2,3)20-10-12-22(13-11-20)33(24(34)23-9-7-17-32(23)19-29)27(28,21-8-6-14-30-18-21)25(35)31-15-4-5-16-31/h6,8,10-14,18,23H,4-5,7,9,15-17H2,1-3H3/t23-,27?/m1/s1. The average molecular weight is 478 g/mol. The second-order valence-corrected chi connectivity index (χ2v) is 10.3. The second kappa shape index (κ2) is 9.65. The number of carbonyl (C=O) groups is 2. The van der Waals surface area contributed by atoms with E-state index in [-0.39, 0.29) is 16.7 Å². The Hall–Kier alpha value is -3.47. The van der Waals surface area contributed by atoms with Gasteiger partial charge in [0.05, 0.1) is 0 Å². The lowest BCUT2D eigenvalue weighted by atomic mass is 9.87. The van der Waals surface area contributed by atoms with Crippen molar-refractivity contribution in [1.82, 2.24) is 14.8 Å². The fourth-order valence-electron chi connectivity index (χ4n) is 4.90. The van der Waals surface area contributed by atoms with Crippen LogP contribution in [0.15, 0.2) is 48.8 Å². The molecule has 0 bridgehead atoms. The molecule has 2 fully saturated rings.